The van der Waals surface area contributed by atoms with Crippen LogP contribution in [0, 0.1) is 6.92 Å². The first-order valence-electron chi connectivity index (χ1n) is 13.2. The first-order chi connectivity index (χ1) is 19.8. The highest BCUT2D eigenvalue weighted by atomic mass is 32.2. The minimum absolute atomic E-state index is 0.167. The number of hydrogen-bond donors (Lipinski definition) is 2. The van der Waals surface area contributed by atoms with Crippen LogP contribution in [0.2, 0.25) is 0 Å². The molecule has 41 heavy (non-hydrogen) atoms. The van der Waals surface area contributed by atoms with Crippen LogP contribution in [0.3, 0.4) is 0 Å². The van der Waals surface area contributed by atoms with Crippen LogP contribution in [0.15, 0.2) is 65.6 Å². The van der Waals surface area contributed by atoms with E-state index in [0.29, 0.717) is 24.3 Å². The molecule has 5 rings (SSSR count). The van der Waals surface area contributed by atoms with E-state index in [1.54, 1.807) is 74.1 Å². The van der Waals surface area contributed by atoms with Crippen molar-refractivity contribution in [2.24, 2.45) is 0 Å². The van der Waals surface area contributed by atoms with Crippen molar-refractivity contribution in [3.8, 4) is 11.5 Å². The lowest BCUT2D eigenvalue weighted by Gasteiger charge is -2.34. The highest BCUT2D eigenvalue weighted by Gasteiger charge is 2.22. The molecule has 1 saturated heterocycles. The molecule has 0 saturated carbocycles. The molecule has 1 aromatic heterocycles. The largest absolute Gasteiger partial charge is 0.495 e. The van der Waals surface area contributed by atoms with E-state index in [1.807, 2.05) is 19.1 Å². The number of amides is 1. The molecular weight excluding hydrogens is 562 g/mol. The molecule has 0 unspecified atom stereocenters. The zero-order valence-corrected chi connectivity index (χ0v) is 24.8. The van der Waals surface area contributed by atoms with Gasteiger partial charge in [-0.05, 0) is 49.4 Å². The highest BCUT2D eigenvalue weighted by Crippen LogP contribution is 2.40. The molecule has 1 amide bonds. The summed E-state index contributed by atoms with van der Waals surface area (Å²) in [5, 5.41) is 3.89. The van der Waals surface area contributed by atoms with Crippen LogP contribution in [0.4, 0.5) is 10.8 Å². The van der Waals surface area contributed by atoms with Gasteiger partial charge >= 0.3 is 0 Å². The van der Waals surface area contributed by atoms with E-state index >= 15 is 0 Å². The molecule has 0 aliphatic carbocycles. The molecule has 2 N–H and O–H groups in total. The van der Waals surface area contributed by atoms with Crippen molar-refractivity contribution in [3.63, 3.8) is 0 Å². The first-order valence-corrected chi connectivity index (χ1v) is 15.5. The number of carbonyl (C=O) groups is 1. The van der Waals surface area contributed by atoms with Gasteiger partial charge in [-0.1, -0.05) is 35.1 Å². The lowest BCUT2D eigenvalue weighted by molar-refractivity contribution is 0.0947. The Morgan fingerprint density at radius 2 is 1.68 bits per heavy atom. The molecule has 216 valence electrons. The lowest BCUT2D eigenvalue weighted by atomic mass is 10.2. The van der Waals surface area contributed by atoms with Gasteiger partial charge < -0.3 is 19.7 Å². The van der Waals surface area contributed by atoms with E-state index in [-0.39, 0.29) is 10.8 Å². The Morgan fingerprint density at radius 1 is 0.976 bits per heavy atom. The predicted octanol–water partition coefficient (Wildman–Crippen LogP) is 3.97. The van der Waals surface area contributed by atoms with Crippen molar-refractivity contribution >= 4 is 48.3 Å². The number of hydrogen-bond acceptors (Lipinski definition) is 9. The van der Waals surface area contributed by atoms with Crippen LogP contribution in [0.1, 0.15) is 15.9 Å². The van der Waals surface area contributed by atoms with Crippen molar-refractivity contribution in [3.05, 3.63) is 71.8 Å². The van der Waals surface area contributed by atoms with Crippen molar-refractivity contribution < 1.29 is 22.7 Å². The lowest BCUT2D eigenvalue weighted by Crippen LogP contribution is -2.48. The van der Waals surface area contributed by atoms with Gasteiger partial charge in [-0.2, -0.15) is 0 Å². The van der Waals surface area contributed by atoms with E-state index in [9.17, 15) is 13.2 Å². The minimum atomic E-state index is -3.75. The standard InChI is InChI=1S/C29H33N5O5S2/c1-20-7-9-23(10-8-20)41(36,37)32-22-6-4-5-21(19-22)28(35)30-13-14-33-15-17-34(18-16-33)29-31-26-24(38-2)11-12-25(39-3)27(26)40-29/h4-12,19,32H,13-18H2,1-3H3,(H,30,35). The first kappa shape index (κ1) is 28.7. The second-order valence-electron chi connectivity index (χ2n) is 9.73. The van der Waals surface area contributed by atoms with Crippen LogP contribution >= 0.6 is 11.3 Å². The summed E-state index contributed by atoms with van der Waals surface area (Å²) in [6.45, 7) is 6.41. The number of piperazine rings is 1. The maximum Gasteiger partial charge on any atom is 0.261 e. The third-order valence-electron chi connectivity index (χ3n) is 6.96. The average Bonchev–Trinajstić information content (AvgIpc) is 3.43. The molecule has 2 heterocycles. The van der Waals surface area contributed by atoms with Gasteiger partial charge in [0, 0.05) is 50.5 Å². The number of thiazole rings is 1. The zero-order chi connectivity index (χ0) is 29.0. The quantitative estimate of drug-likeness (QED) is 0.283. The predicted molar refractivity (Wildman–Crippen MR) is 162 cm³/mol. The fraction of sp³-hybridized carbons (Fsp3) is 0.310. The Morgan fingerprint density at radius 3 is 2.39 bits per heavy atom. The number of methoxy groups -OCH3 is 2. The molecule has 3 aromatic carbocycles. The second kappa shape index (κ2) is 12.3. The molecule has 12 heteroatoms. The third kappa shape index (κ3) is 6.55. The molecule has 10 nitrogen and oxygen atoms in total. The molecular formula is C29H33N5O5S2. The average molecular weight is 596 g/mol. The number of rotatable bonds is 10. The molecule has 1 aliphatic rings. The second-order valence-corrected chi connectivity index (χ2v) is 12.4. The summed E-state index contributed by atoms with van der Waals surface area (Å²) in [7, 11) is -0.455. The fourth-order valence-corrected chi connectivity index (χ4v) is 6.83. The zero-order valence-electron chi connectivity index (χ0n) is 23.2. The van der Waals surface area contributed by atoms with Crippen molar-refractivity contribution in [1.82, 2.24) is 15.2 Å². The molecule has 4 aromatic rings. The summed E-state index contributed by atoms with van der Waals surface area (Å²) in [5.74, 6) is 1.26. The molecule has 1 aliphatic heterocycles. The summed E-state index contributed by atoms with van der Waals surface area (Å²) >= 11 is 1.60. The topological polar surface area (TPSA) is 113 Å². The number of anilines is 2. The van der Waals surface area contributed by atoms with E-state index < -0.39 is 10.0 Å². The fourth-order valence-electron chi connectivity index (χ4n) is 4.66. The van der Waals surface area contributed by atoms with Gasteiger partial charge in [0.1, 0.15) is 21.7 Å². The van der Waals surface area contributed by atoms with Crippen molar-refractivity contribution in [2.45, 2.75) is 11.8 Å². The van der Waals surface area contributed by atoms with Gasteiger partial charge in [0.05, 0.1) is 19.1 Å². The maximum atomic E-state index is 12.8. The van der Waals surface area contributed by atoms with Crippen LogP contribution in [0.25, 0.3) is 10.2 Å². The SMILES string of the molecule is COc1ccc(OC)c2sc(N3CCN(CCNC(=O)c4cccc(NS(=O)(=O)c5ccc(C)cc5)c4)CC3)nc12. The number of benzene rings is 3. The van der Waals surface area contributed by atoms with Crippen LogP contribution in [0.5, 0.6) is 11.5 Å². The summed E-state index contributed by atoms with van der Waals surface area (Å²) in [5.41, 5.74) is 2.50. The third-order valence-corrected chi connectivity index (χ3v) is 9.49. The summed E-state index contributed by atoms with van der Waals surface area (Å²) in [6.07, 6.45) is 0. The van der Waals surface area contributed by atoms with Crippen molar-refractivity contribution in [2.75, 3.05) is 63.1 Å². The van der Waals surface area contributed by atoms with Gasteiger partial charge in [-0.3, -0.25) is 14.4 Å². The van der Waals surface area contributed by atoms with Gasteiger partial charge in [0.25, 0.3) is 15.9 Å². The number of ether oxygens (including phenoxy) is 2. The minimum Gasteiger partial charge on any atom is -0.495 e. The van der Waals surface area contributed by atoms with E-state index in [0.717, 1.165) is 58.6 Å². The van der Waals surface area contributed by atoms with Crippen LogP contribution in [-0.4, -0.2) is 77.7 Å². The highest BCUT2D eigenvalue weighted by molar-refractivity contribution is 7.92. The molecule has 1 fully saturated rings. The summed E-state index contributed by atoms with van der Waals surface area (Å²) < 4.78 is 40.0. The van der Waals surface area contributed by atoms with E-state index in [4.69, 9.17) is 14.5 Å². The van der Waals surface area contributed by atoms with Gasteiger partial charge in [0.2, 0.25) is 0 Å². The summed E-state index contributed by atoms with van der Waals surface area (Å²) in [4.78, 5) is 22.4. The molecule has 0 bridgehead atoms. The number of sulfonamides is 1. The van der Waals surface area contributed by atoms with Crippen molar-refractivity contribution in [1.29, 1.82) is 0 Å². The Balaban J connectivity index is 1.12. The maximum absolute atomic E-state index is 12.8. The van der Waals surface area contributed by atoms with Crippen LogP contribution < -0.4 is 24.4 Å². The molecule has 0 spiro atoms. The number of aryl methyl sites for hydroxylation is 1. The normalized spacial score (nSPS) is 14.2. The number of aromatic nitrogens is 1. The van der Waals surface area contributed by atoms with Crippen LogP contribution in [-0.2, 0) is 10.0 Å². The summed E-state index contributed by atoms with van der Waals surface area (Å²) in [6, 6.07) is 16.9. The Labute approximate surface area is 243 Å². The monoisotopic (exact) mass is 595 g/mol. The number of fused-ring (bicyclic) bond motifs is 1. The van der Waals surface area contributed by atoms with E-state index in [2.05, 4.69) is 19.8 Å². The number of nitrogens with one attached hydrogen (secondary N) is 2. The number of nitrogens with zero attached hydrogens (tertiary/aromatic N) is 3. The Hall–Kier alpha value is -3.87. The smallest absolute Gasteiger partial charge is 0.261 e. The van der Waals surface area contributed by atoms with Gasteiger partial charge in [-0.15, -0.1) is 0 Å². The van der Waals surface area contributed by atoms with E-state index in [1.165, 1.54) is 0 Å². The van der Waals surface area contributed by atoms with Gasteiger partial charge in [0.15, 0.2) is 5.13 Å². The Kier molecular flexibility index (Phi) is 8.62. The number of carbonyl (C=O) groups excluding carboxylic acids is 1. The van der Waals surface area contributed by atoms with Gasteiger partial charge in [-0.25, -0.2) is 13.4 Å². The molecule has 0 radical (unpaired) electrons. The Bertz CT molecular complexity index is 1590. The molecule has 0 atom stereocenters.